The molecule has 0 radical (unpaired) electrons. The number of fused-ring (bicyclic) bond motifs is 1. The molecule has 1 atom stereocenters. The lowest BCUT2D eigenvalue weighted by atomic mass is 9.57. The molecule has 1 unspecified atom stereocenters. The average Bonchev–Trinajstić information content (AvgIpc) is 2.83. The summed E-state index contributed by atoms with van der Waals surface area (Å²) in [5.74, 6) is 1.22. The molecule has 2 aliphatic rings. The average molecular weight is 534 g/mol. The Bertz CT molecular complexity index is 1200. The summed E-state index contributed by atoms with van der Waals surface area (Å²) in [6.45, 7) is 1.32. The zero-order valence-corrected chi connectivity index (χ0v) is 21.7. The van der Waals surface area contributed by atoms with Crippen LogP contribution < -0.4 is 14.2 Å². The molecule has 1 fully saturated rings. The lowest BCUT2D eigenvalue weighted by Crippen LogP contribution is -2.49. The Morgan fingerprint density at radius 3 is 2.27 bits per heavy atom. The molecule has 0 spiro atoms. The van der Waals surface area contributed by atoms with E-state index in [2.05, 4.69) is 28.8 Å². The molecule has 4 nitrogen and oxygen atoms in total. The van der Waals surface area contributed by atoms with Gasteiger partial charge < -0.3 is 14.2 Å². The lowest BCUT2D eigenvalue weighted by molar-refractivity contribution is -0.274. The molecule has 8 heteroatoms. The Hall–Kier alpha value is -2.90. The number of halogens is 4. The van der Waals surface area contributed by atoms with Gasteiger partial charge in [0.1, 0.15) is 12.4 Å². The van der Waals surface area contributed by atoms with Crippen LogP contribution in [0.5, 0.6) is 17.2 Å². The van der Waals surface area contributed by atoms with E-state index in [-0.39, 0.29) is 29.6 Å². The van der Waals surface area contributed by atoms with Crippen LogP contribution in [0.3, 0.4) is 0 Å². The number of methoxy groups -OCH3 is 1. The predicted molar refractivity (Wildman–Crippen MR) is 139 cm³/mol. The molecule has 3 aromatic rings. The van der Waals surface area contributed by atoms with Gasteiger partial charge in [-0.15, -0.1) is 25.6 Å². The minimum Gasteiger partial charge on any atom is -0.493 e. The second kappa shape index (κ2) is 10.8. The van der Waals surface area contributed by atoms with Crippen LogP contribution in [0.2, 0.25) is 0 Å². The summed E-state index contributed by atoms with van der Waals surface area (Å²) < 4.78 is 54.1. The molecule has 1 aliphatic heterocycles. The number of hydrogen-bond acceptors (Lipinski definition) is 4. The largest absolute Gasteiger partial charge is 0.573 e. The standard InChI is InChI=1S/C29H30F3NO3.ClH/c1-33-16-13-21-17-25(34-2)26(35-19-20-7-4-3-5-8-20)18-24(21)27(33)28(14-6-15-28)22-9-11-23(12-10-22)36-29(30,31)32;/h3-5,7-12,17-18,27H,6,13-16,19H2,1-2H3;1H. The van der Waals surface area contributed by atoms with E-state index in [9.17, 15) is 13.2 Å². The highest BCUT2D eigenvalue weighted by atomic mass is 35.5. The predicted octanol–water partition coefficient (Wildman–Crippen LogP) is 7.25. The van der Waals surface area contributed by atoms with E-state index in [4.69, 9.17) is 9.47 Å². The molecule has 1 aliphatic carbocycles. The number of alkyl halides is 3. The van der Waals surface area contributed by atoms with Gasteiger partial charge in [-0.1, -0.05) is 48.9 Å². The first-order valence-electron chi connectivity index (χ1n) is 12.2. The lowest BCUT2D eigenvalue weighted by Gasteiger charge is -2.53. The highest BCUT2D eigenvalue weighted by molar-refractivity contribution is 5.85. The van der Waals surface area contributed by atoms with Crippen molar-refractivity contribution in [2.45, 2.75) is 50.1 Å². The number of ether oxygens (including phenoxy) is 3. The van der Waals surface area contributed by atoms with E-state index in [1.54, 1.807) is 19.2 Å². The van der Waals surface area contributed by atoms with E-state index in [0.717, 1.165) is 43.4 Å². The Morgan fingerprint density at radius 2 is 1.68 bits per heavy atom. The van der Waals surface area contributed by atoms with Gasteiger partial charge in [0.05, 0.1) is 7.11 Å². The topological polar surface area (TPSA) is 30.9 Å². The first-order valence-corrected chi connectivity index (χ1v) is 12.2. The SMILES string of the molecule is COc1cc2c(cc1OCc1ccccc1)C(C1(c3ccc(OC(F)(F)F)cc3)CCC1)N(C)CC2.Cl. The number of benzene rings is 3. The van der Waals surface area contributed by atoms with Gasteiger partial charge in [0.15, 0.2) is 11.5 Å². The van der Waals surface area contributed by atoms with Crippen LogP contribution in [0, 0.1) is 0 Å². The molecular weight excluding hydrogens is 503 g/mol. The second-order valence-corrected chi connectivity index (χ2v) is 9.69. The highest BCUT2D eigenvalue weighted by Crippen LogP contribution is 2.56. The first kappa shape index (κ1) is 27.1. The maximum Gasteiger partial charge on any atom is 0.573 e. The van der Waals surface area contributed by atoms with Crippen molar-refractivity contribution in [3.63, 3.8) is 0 Å². The molecule has 0 N–H and O–H groups in total. The van der Waals surface area contributed by atoms with Gasteiger partial charge >= 0.3 is 6.36 Å². The molecule has 0 saturated heterocycles. The van der Waals surface area contributed by atoms with Gasteiger partial charge in [-0.3, -0.25) is 4.90 Å². The van der Waals surface area contributed by atoms with Crippen molar-refractivity contribution in [1.29, 1.82) is 0 Å². The Balaban J connectivity index is 0.00000320. The molecule has 0 amide bonds. The third-order valence-electron chi connectivity index (χ3n) is 7.56. The Labute approximate surface area is 221 Å². The number of likely N-dealkylation sites (N-methyl/N-ethyl adjacent to an activating group) is 1. The quantitative estimate of drug-likeness (QED) is 0.320. The zero-order valence-electron chi connectivity index (χ0n) is 20.9. The van der Waals surface area contributed by atoms with Crippen molar-refractivity contribution in [1.82, 2.24) is 4.90 Å². The van der Waals surface area contributed by atoms with Crippen LogP contribution in [0.4, 0.5) is 13.2 Å². The van der Waals surface area contributed by atoms with Crippen LogP contribution in [-0.4, -0.2) is 32.0 Å². The molecule has 0 aromatic heterocycles. The van der Waals surface area contributed by atoms with Gasteiger partial charge in [0.2, 0.25) is 0 Å². The van der Waals surface area contributed by atoms with E-state index in [1.807, 2.05) is 30.3 Å². The fourth-order valence-corrected chi connectivity index (χ4v) is 5.75. The summed E-state index contributed by atoms with van der Waals surface area (Å²) in [6.07, 6.45) is -0.798. The monoisotopic (exact) mass is 533 g/mol. The fraction of sp³-hybridized carbons (Fsp3) is 0.379. The van der Waals surface area contributed by atoms with E-state index >= 15 is 0 Å². The van der Waals surface area contributed by atoms with Gasteiger partial charge in [-0.2, -0.15) is 0 Å². The summed E-state index contributed by atoms with van der Waals surface area (Å²) >= 11 is 0. The Kier molecular flexibility index (Phi) is 7.95. The van der Waals surface area contributed by atoms with Crippen LogP contribution in [0.25, 0.3) is 0 Å². The summed E-state index contributed by atoms with van der Waals surface area (Å²) in [5.41, 5.74) is 4.35. The number of rotatable bonds is 7. The van der Waals surface area contributed by atoms with Gasteiger partial charge in [-0.05, 0) is 72.8 Å². The molecule has 198 valence electrons. The molecule has 37 heavy (non-hydrogen) atoms. The van der Waals surface area contributed by atoms with E-state index in [0.29, 0.717) is 18.1 Å². The number of nitrogens with zero attached hydrogens (tertiary/aromatic N) is 1. The zero-order chi connectivity index (χ0) is 25.3. The molecule has 0 bridgehead atoms. The van der Waals surface area contributed by atoms with Crippen LogP contribution in [0.15, 0.2) is 66.7 Å². The molecule has 1 saturated carbocycles. The van der Waals surface area contributed by atoms with Crippen LogP contribution in [-0.2, 0) is 18.4 Å². The third-order valence-corrected chi connectivity index (χ3v) is 7.56. The van der Waals surface area contributed by atoms with Crippen molar-refractivity contribution < 1.29 is 27.4 Å². The summed E-state index contributed by atoms with van der Waals surface area (Å²) in [6, 6.07) is 20.7. The molecule has 5 rings (SSSR count). The van der Waals surface area contributed by atoms with E-state index in [1.165, 1.54) is 23.3 Å². The third kappa shape index (κ3) is 5.53. The first-order chi connectivity index (χ1) is 17.3. The van der Waals surface area contributed by atoms with Crippen molar-refractivity contribution in [2.24, 2.45) is 0 Å². The molecular formula is C29H31ClF3NO3. The normalized spacial score (nSPS) is 18.7. The van der Waals surface area contributed by atoms with Crippen molar-refractivity contribution in [3.05, 3.63) is 89.0 Å². The molecule has 3 aromatic carbocycles. The van der Waals surface area contributed by atoms with Gasteiger partial charge in [0.25, 0.3) is 0 Å². The minimum atomic E-state index is -4.70. The summed E-state index contributed by atoms with van der Waals surface area (Å²) in [7, 11) is 3.78. The van der Waals surface area contributed by atoms with Crippen LogP contribution in [0.1, 0.15) is 47.6 Å². The number of hydrogen-bond donors (Lipinski definition) is 0. The maximum atomic E-state index is 12.7. The second-order valence-electron chi connectivity index (χ2n) is 9.69. The molecule has 1 heterocycles. The van der Waals surface area contributed by atoms with Gasteiger partial charge in [0, 0.05) is 18.0 Å². The van der Waals surface area contributed by atoms with Crippen molar-refractivity contribution in [3.8, 4) is 17.2 Å². The summed E-state index contributed by atoms with van der Waals surface area (Å²) in [4.78, 5) is 2.37. The minimum absolute atomic E-state index is 0. The Morgan fingerprint density at radius 1 is 0.973 bits per heavy atom. The van der Waals surface area contributed by atoms with Crippen molar-refractivity contribution >= 4 is 12.4 Å². The van der Waals surface area contributed by atoms with Crippen molar-refractivity contribution in [2.75, 3.05) is 20.7 Å². The summed E-state index contributed by atoms with van der Waals surface area (Å²) in [5, 5.41) is 0. The van der Waals surface area contributed by atoms with Crippen LogP contribution >= 0.6 is 12.4 Å². The maximum absolute atomic E-state index is 12.7. The smallest absolute Gasteiger partial charge is 0.493 e. The fourth-order valence-electron chi connectivity index (χ4n) is 5.75. The van der Waals surface area contributed by atoms with E-state index < -0.39 is 6.36 Å². The van der Waals surface area contributed by atoms with Gasteiger partial charge in [-0.25, -0.2) is 0 Å². The highest BCUT2D eigenvalue weighted by Gasteiger charge is 2.49.